The van der Waals surface area contributed by atoms with Gasteiger partial charge in [0.25, 0.3) is 0 Å². The Bertz CT molecular complexity index is 711. The van der Waals surface area contributed by atoms with E-state index in [2.05, 4.69) is 0 Å². The van der Waals surface area contributed by atoms with Crippen LogP contribution >= 0.6 is 11.6 Å². The number of benzene rings is 1. The smallest absolute Gasteiger partial charge is 0.303 e. The van der Waals surface area contributed by atoms with Crippen LogP contribution in [-0.4, -0.2) is 31.5 Å². The van der Waals surface area contributed by atoms with Gasteiger partial charge in [0.15, 0.2) is 9.84 Å². The lowest BCUT2D eigenvalue weighted by Gasteiger charge is -2.22. The van der Waals surface area contributed by atoms with E-state index in [-0.39, 0.29) is 28.0 Å². The predicted molar refractivity (Wildman–Crippen MR) is 81.9 cm³/mol. The molecule has 0 bridgehead atoms. The molecule has 120 valence electrons. The molecular formula is C15H17ClO5S. The molecule has 1 aliphatic rings. The molecule has 1 aromatic rings. The van der Waals surface area contributed by atoms with Crippen LogP contribution in [0.3, 0.4) is 0 Å². The first-order valence-electron chi connectivity index (χ1n) is 6.94. The van der Waals surface area contributed by atoms with Crippen LogP contribution in [0.4, 0.5) is 0 Å². The van der Waals surface area contributed by atoms with Crippen LogP contribution < -0.4 is 0 Å². The van der Waals surface area contributed by atoms with Crippen LogP contribution in [0.1, 0.15) is 37.2 Å². The second kappa shape index (κ2) is 6.38. The van der Waals surface area contributed by atoms with Crippen molar-refractivity contribution < 1.29 is 23.1 Å². The minimum atomic E-state index is -3.44. The van der Waals surface area contributed by atoms with Crippen molar-refractivity contribution in [2.45, 2.75) is 36.5 Å². The number of carbonyl (C=O) groups is 2. The second-order valence-corrected chi connectivity index (χ2v) is 8.02. The summed E-state index contributed by atoms with van der Waals surface area (Å²) in [6, 6.07) is 4.40. The molecule has 1 aromatic carbocycles. The maximum atomic E-state index is 12.0. The quantitative estimate of drug-likeness (QED) is 0.887. The third kappa shape index (κ3) is 3.67. The monoisotopic (exact) mass is 344 g/mol. The van der Waals surface area contributed by atoms with Crippen LogP contribution in [-0.2, 0) is 19.4 Å². The number of carboxylic acids is 1. The fourth-order valence-electron chi connectivity index (χ4n) is 3.00. The first kappa shape index (κ1) is 17.0. The summed E-state index contributed by atoms with van der Waals surface area (Å²) >= 11 is 6.03. The van der Waals surface area contributed by atoms with Gasteiger partial charge in [-0.1, -0.05) is 17.7 Å². The van der Waals surface area contributed by atoms with Crippen LogP contribution in [0.5, 0.6) is 0 Å². The molecule has 0 heterocycles. The Balaban J connectivity index is 2.42. The zero-order chi connectivity index (χ0) is 16.5. The summed E-state index contributed by atoms with van der Waals surface area (Å²) < 4.78 is 23.2. The molecule has 1 fully saturated rings. The fourth-order valence-corrected chi connectivity index (χ4v) is 4.33. The van der Waals surface area contributed by atoms with E-state index in [9.17, 15) is 18.0 Å². The molecule has 2 rings (SSSR count). The number of sulfone groups is 1. The van der Waals surface area contributed by atoms with Crippen LogP contribution in [0.15, 0.2) is 23.1 Å². The maximum absolute atomic E-state index is 12.0. The van der Waals surface area contributed by atoms with E-state index in [1.54, 1.807) is 6.07 Å². The number of carbonyl (C=O) groups excluding carboxylic acids is 1. The van der Waals surface area contributed by atoms with Crippen molar-refractivity contribution in [3.05, 3.63) is 28.8 Å². The molecule has 1 aliphatic carbocycles. The van der Waals surface area contributed by atoms with Gasteiger partial charge < -0.3 is 5.11 Å². The maximum Gasteiger partial charge on any atom is 0.303 e. The number of hydrogen-bond acceptors (Lipinski definition) is 4. The van der Waals surface area contributed by atoms with E-state index in [0.717, 1.165) is 12.7 Å². The Hall–Kier alpha value is -1.40. The van der Waals surface area contributed by atoms with Gasteiger partial charge in [0.05, 0.1) is 16.3 Å². The van der Waals surface area contributed by atoms with Gasteiger partial charge in [0.2, 0.25) is 0 Å². The summed E-state index contributed by atoms with van der Waals surface area (Å²) in [5, 5.41) is 9.16. The zero-order valence-electron chi connectivity index (χ0n) is 12.1. The average Bonchev–Trinajstić information content (AvgIpc) is 2.80. The third-order valence-corrected chi connectivity index (χ3v) is 5.60. The largest absolute Gasteiger partial charge is 0.481 e. The molecular weight excluding hydrogens is 328 g/mol. The normalized spacial score (nSPS) is 20.1. The fraction of sp³-hybridized carbons (Fsp3) is 0.467. The van der Waals surface area contributed by atoms with E-state index in [4.69, 9.17) is 16.7 Å². The van der Waals surface area contributed by atoms with E-state index < -0.39 is 21.7 Å². The van der Waals surface area contributed by atoms with Crippen molar-refractivity contribution in [1.82, 2.24) is 0 Å². The highest BCUT2D eigenvalue weighted by Crippen LogP contribution is 2.38. The number of ketones is 1. The lowest BCUT2D eigenvalue weighted by Crippen LogP contribution is -2.20. The first-order valence-corrected chi connectivity index (χ1v) is 9.21. The summed E-state index contributed by atoms with van der Waals surface area (Å²) in [6.45, 7) is 0. The number of hydrogen-bond donors (Lipinski definition) is 1. The SMILES string of the molecule is CS(=O)(=O)c1ccc([C@H](CC(=O)O)C2CCCC2=O)cc1Cl. The molecule has 0 aromatic heterocycles. The molecule has 7 heteroatoms. The second-order valence-electron chi connectivity index (χ2n) is 5.63. The van der Waals surface area contributed by atoms with Crippen molar-refractivity contribution in [2.24, 2.45) is 5.92 Å². The predicted octanol–water partition coefficient (Wildman–Crippen LogP) is 2.67. The highest BCUT2D eigenvalue weighted by atomic mass is 35.5. The number of aliphatic carboxylic acids is 1. The molecule has 22 heavy (non-hydrogen) atoms. The molecule has 0 amide bonds. The van der Waals surface area contributed by atoms with E-state index in [0.29, 0.717) is 18.4 Å². The minimum absolute atomic E-state index is 0.00439. The Morgan fingerprint density at radius 1 is 1.45 bits per heavy atom. The van der Waals surface area contributed by atoms with Gasteiger partial charge in [-0.3, -0.25) is 9.59 Å². The summed E-state index contributed by atoms with van der Waals surface area (Å²) in [5.41, 5.74) is 0.597. The van der Waals surface area contributed by atoms with Gasteiger partial charge in [0, 0.05) is 24.5 Å². The average molecular weight is 345 g/mol. The summed E-state index contributed by atoms with van der Waals surface area (Å²) in [4.78, 5) is 23.1. The topological polar surface area (TPSA) is 88.5 Å². The van der Waals surface area contributed by atoms with Crippen molar-refractivity contribution >= 4 is 33.2 Å². The molecule has 5 nitrogen and oxygen atoms in total. The third-order valence-electron chi connectivity index (χ3n) is 4.02. The molecule has 0 spiro atoms. The van der Waals surface area contributed by atoms with Gasteiger partial charge in [-0.15, -0.1) is 0 Å². The van der Waals surface area contributed by atoms with Gasteiger partial charge in [0.1, 0.15) is 5.78 Å². The number of Topliss-reactive ketones (excluding diaryl/α,β-unsaturated/α-hetero) is 1. The molecule has 0 radical (unpaired) electrons. The van der Waals surface area contributed by atoms with Crippen molar-refractivity contribution in [1.29, 1.82) is 0 Å². The van der Waals surface area contributed by atoms with Crippen molar-refractivity contribution in [3.63, 3.8) is 0 Å². The molecule has 0 aliphatic heterocycles. The van der Waals surface area contributed by atoms with Gasteiger partial charge in [-0.05, 0) is 30.5 Å². The summed E-state index contributed by atoms with van der Waals surface area (Å²) in [6.07, 6.45) is 2.76. The van der Waals surface area contributed by atoms with Crippen LogP contribution in [0.25, 0.3) is 0 Å². The van der Waals surface area contributed by atoms with Crippen molar-refractivity contribution in [3.8, 4) is 0 Å². The van der Waals surface area contributed by atoms with Crippen LogP contribution in [0.2, 0.25) is 5.02 Å². The highest BCUT2D eigenvalue weighted by molar-refractivity contribution is 7.90. The summed E-state index contributed by atoms with van der Waals surface area (Å²) in [5.74, 6) is -1.74. The van der Waals surface area contributed by atoms with Gasteiger partial charge in [-0.2, -0.15) is 0 Å². The number of carboxylic acid groups (broad SMARTS) is 1. The van der Waals surface area contributed by atoms with Gasteiger partial charge >= 0.3 is 5.97 Å². The Kier molecular flexibility index (Phi) is 4.92. The van der Waals surface area contributed by atoms with Crippen LogP contribution in [0, 0.1) is 5.92 Å². The van der Waals surface area contributed by atoms with E-state index >= 15 is 0 Å². The standard InChI is InChI=1S/C15H17ClO5S/c1-22(20,21)14-6-5-9(7-12(14)16)11(8-15(18)19)10-3-2-4-13(10)17/h5-7,10-11H,2-4,8H2,1H3,(H,18,19)/t10?,11-/m0/s1. The zero-order valence-corrected chi connectivity index (χ0v) is 13.7. The molecule has 2 atom stereocenters. The number of halogens is 1. The van der Waals surface area contributed by atoms with E-state index in [1.165, 1.54) is 12.1 Å². The lowest BCUT2D eigenvalue weighted by molar-refractivity contribution is -0.137. The lowest BCUT2D eigenvalue weighted by atomic mass is 9.82. The van der Waals surface area contributed by atoms with E-state index in [1.807, 2.05) is 0 Å². The first-order chi connectivity index (χ1) is 10.2. The highest BCUT2D eigenvalue weighted by Gasteiger charge is 2.34. The Labute approximate surface area is 134 Å². The Morgan fingerprint density at radius 2 is 2.14 bits per heavy atom. The van der Waals surface area contributed by atoms with Crippen molar-refractivity contribution in [2.75, 3.05) is 6.26 Å². The Morgan fingerprint density at radius 3 is 2.59 bits per heavy atom. The molecule has 1 N–H and O–H groups in total. The minimum Gasteiger partial charge on any atom is -0.481 e. The van der Waals surface area contributed by atoms with Gasteiger partial charge in [-0.25, -0.2) is 8.42 Å². The molecule has 0 saturated heterocycles. The number of rotatable bonds is 5. The molecule has 1 saturated carbocycles. The summed E-state index contributed by atoms with van der Waals surface area (Å²) in [7, 11) is -3.44. The molecule has 1 unspecified atom stereocenters.